The predicted octanol–water partition coefficient (Wildman–Crippen LogP) is 1.58. The molecule has 0 radical (unpaired) electrons. The first kappa shape index (κ1) is 24.1. The van der Waals surface area contributed by atoms with Gasteiger partial charge in [-0.2, -0.15) is 0 Å². The van der Waals surface area contributed by atoms with Crippen molar-refractivity contribution >= 4 is 29.3 Å². The maximum absolute atomic E-state index is 12.0. The van der Waals surface area contributed by atoms with E-state index in [0.29, 0.717) is 37.0 Å². The van der Waals surface area contributed by atoms with Crippen LogP contribution in [0.4, 0.5) is 22.1 Å². The molecule has 1 aliphatic rings. The summed E-state index contributed by atoms with van der Waals surface area (Å²) in [4.78, 5) is 36.4. The number of nitrogens with one attached hydrogen (secondary N) is 2. The van der Waals surface area contributed by atoms with Gasteiger partial charge >= 0.3 is 6.03 Å². The van der Waals surface area contributed by atoms with E-state index in [0.717, 1.165) is 19.4 Å². The van der Waals surface area contributed by atoms with E-state index in [2.05, 4.69) is 20.6 Å². The lowest BCUT2D eigenvalue weighted by Gasteiger charge is -2.34. The number of aromatic nitrogens is 2. The van der Waals surface area contributed by atoms with Gasteiger partial charge in [-0.3, -0.25) is 4.79 Å². The van der Waals surface area contributed by atoms with Crippen molar-refractivity contribution in [3.05, 3.63) is 36.2 Å². The number of amides is 3. The van der Waals surface area contributed by atoms with E-state index in [1.54, 1.807) is 21.2 Å². The highest BCUT2D eigenvalue weighted by Crippen LogP contribution is 2.24. The summed E-state index contributed by atoms with van der Waals surface area (Å²) in [6, 6.07) is 7.11. The van der Waals surface area contributed by atoms with Crippen LogP contribution in [0.15, 0.2) is 30.5 Å². The fourth-order valence-corrected chi connectivity index (χ4v) is 3.42. The molecule has 3 rings (SSSR count). The summed E-state index contributed by atoms with van der Waals surface area (Å²) in [7, 11) is 5.03. The molecule has 0 bridgehead atoms. The van der Waals surface area contributed by atoms with Gasteiger partial charge in [0, 0.05) is 46.0 Å². The summed E-state index contributed by atoms with van der Waals surface area (Å²) in [5.41, 5.74) is 6.27. The Morgan fingerprint density at radius 3 is 2.67 bits per heavy atom. The Morgan fingerprint density at radius 2 is 2.00 bits per heavy atom. The first-order valence-corrected chi connectivity index (χ1v) is 10.8. The Morgan fingerprint density at radius 1 is 1.24 bits per heavy atom. The molecule has 1 unspecified atom stereocenters. The van der Waals surface area contributed by atoms with Gasteiger partial charge in [0.1, 0.15) is 18.2 Å². The molecular weight excluding hydrogens is 426 g/mol. The third kappa shape index (κ3) is 6.69. The number of primary amides is 1. The molecule has 0 spiro atoms. The molecule has 4 N–H and O–H groups in total. The van der Waals surface area contributed by atoms with Gasteiger partial charge in [-0.05, 0) is 37.1 Å². The first-order valence-electron chi connectivity index (χ1n) is 10.8. The number of ether oxygens (including phenoxy) is 2. The second-order valence-corrected chi connectivity index (χ2v) is 7.91. The maximum Gasteiger partial charge on any atom is 0.317 e. The van der Waals surface area contributed by atoms with Crippen LogP contribution in [0.3, 0.4) is 0 Å². The fourth-order valence-electron chi connectivity index (χ4n) is 3.42. The molecule has 33 heavy (non-hydrogen) atoms. The highest BCUT2D eigenvalue weighted by atomic mass is 16.5. The molecule has 1 aromatic heterocycles. The van der Waals surface area contributed by atoms with Gasteiger partial charge in [0.25, 0.3) is 5.91 Å². The van der Waals surface area contributed by atoms with Crippen molar-refractivity contribution in [1.29, 1.82) is 0 Å². The third-order valence-corrected chi connectivity index (χ3v) is 5.15. The molecule has 2 heterocycles. The summed E-state index contributed by atoms with van der Waals surface area (Å²) in [5.74, 6) is 0.899. The first-order chi connectivity index (χ1) is 15.9. The summed E-state index contributed by atoms with van der Waals surface area (Å²) in [5, 5.41) is 6.14. The third-order valence-electron chi connectivity index (χ3n) is 5.15. The normalized spacial score (nSPS) is 15.6. The smallest absolute Gasteiger partial charge is 0.317 e. The van der Waals surface area contributed by atoms with Crippen molar-refractivity contribution in [3.8, 4) is 5.75 Å². The lowest BCUT2D eigenvalue weighted by Crippen LogP contribution is -2.50. The highest BCUT2D eigenvalue weighted by Gasteiger charge is 2.24. The van der Waals surface area contributed by atoms with Crippen molar-refractivity contribution in [3.63, 3.8) is 0 Å². The number of nitrogens with two attached hydrogens (primary N) is 1. The zero-order valence-corrected chi connectivity index (χ0v) is 19.2. The Bertz CT molecular complexity index is 952. The number of hydrogen-bond donors (Lipinski definition) is 3. The zero-order valence-electron chi connectivity index (χ0n) is 19.2. The van der Waals surface area contributed by atoms with Gasteiger partial charge in [-0.25, -0.2) is 14.8 Å². The summed E-state index contributed by atoms with van der Waals surface area (Å²) in [6.45, 7) is 2.32. The van der Waals surface area contributed by atoms with Crippen molar-refractivity contribution in [2.45, 2.75) is 18.9 Å². The topological polar surface area (TPSA) is 135 Å². The minimum absolute atomic E-state index is 0.00618. The molecule has 1 aromatic carbocycles. The maximum atomic E-state index is 12.0. The van der Waals surface area contributed by atoms with Crippen LogP contribution < -0.4 is 26.0 Å². The molecule has 0 aliphatic carbocycles. The Hall–Kier alpha value is -3.60. The molecule has 2 aromatic rings. The molecular formula is C22H31N7O4. The van der Waals surface area contributed by atoms with Crippen LogP contribution >= 0.6 is 0 Å². The molecule has 3 amide bonds. The summed E-state index contributed by atoms with van der Waals surface area (Å²) >= 11 is 0. The van der Waals surface area contributed by atoms with Crippen molar-refractivity contribution in [2.75, 3.05) is 57.7 Å². The molecule has 0 saturated carbocycles. The monoisotopic (exact) mass is 457 g/mol. The van der Waals surface area contributed by atoms with Crippen LogP contribution in [-0.4, -0.2) is 80.4 Å². The summed E-state index contributed by atoms with van der Waals surface area (Å²) < 4.78 is 10.5. The van der Waals surface area contributed by atoms with E-state index in [1.807, 2.05) is 29.2 Å². The lowest BCUT2D eigenvalue weighted by atomic mass is 10.1. The van der Waals surface area contributed by atoms with Gasteiger partial charge < -0.3 is 35.6 Å². The molecule has 178 valence electrons. The highest BCUT2D eigenvalue weighted by molar-refractivity contribution is 5.96. The SMILES string of the molecule is COCCOc1ccc(Nc2nc(N3CCCC(NC(=O)N(C)C)C3)cnc2C(N)=O)cc1. The number of anilines is 3. The van der Waals surface area contributed by atoms with Crippen molar-refractivity contribution in [2.24, 2.45) is 5.73 Å². The summed E-state index contributed by atoms with van der Waals surface area (Å²) in [6.07, 6.45) is 3.31. The minimum atomic E-state index is -0.675. The lowest BCUT2D eigenvalue weighted by molar-refractivity contribution is 0.0996. The molecule has 1 atom stereocenters. The number of benzene rings is 1. The molecule has 1 aliphatic heterocycles. The second-order valence-electron chi connectivity index (χ2n) is 7.91. The van der Waals surface area contributed by atoms with Crippen LogP contribution in [0.5, 0.6) is 5.75 Å². The van der Waals surface area contributed by atoms with Crippen LogP contribution in [0.1, 0.15) is 23.3 Å². The standard InChI is InChI=1S/C22H31N7O4/c1-28(2)22(31)26-16-5-4-10-29(14-16)18-13-24-19(20(23)30)21(27-18)25-15-6-8-17(9-7-15)33-12-11-32-3/h6-9,13,16H,4-5,10-12,14H2,1-3H3,(H2,23,30)(H,25,27)(H,26,31). The number of carbonyl (C=O) groups is 2. The number of piperidine rings is 1. The van der Waals surface area contributed by atoms with E-state index in [1.165, 1.54) is 11.1 Å². The number of methoxy groups -OCH3 is 1. The molecule has 11 nitrogen and oxygen atoms in total. The van der Waals surface area contributed by atoms with Gasteiger partial charge in [-0.15, -0.1) is 0 Å². The largest absolute Gasteiger partial charge is 0.491 e. The molecule has 1 saturated heterocycles. The predicted molar refractivity (Wildman–Crippen MR) is 125 cm³/mol. The van der Waals surface area contributed by atoms with Crippen LogP contribution in [0, 0.1) is 0 Å². The van der Waals surface area contributed by atoms with E-state index in [-0.39, 0.29) is 23.6 Å². The number of urea groups is 1. The van der Waals surface area contributed by atoms with Crippen molar-refractivity contribution < 1.29 is 19.1 Å². The van der Waals surface area contributed by atoms with Gasteiger partial charge in [0.05, 0.1) is 12.8 Å². The zero-order chi connectivity index (χ0) is 23.8. The van der Waals surface area contributed by atoms with Crippen LogP contribution in [-0.2, 0) is 4.74 Å². The number of nitrogens with zero attached hydrogens (tertiary/aromatic N) is 4. The average molecular weight is 458 g/mol. The van der Waals surface area contributed by atoms with Gasteiger partial charge in [-0.1, -0.05) is 0 Å². The Labute approximate surface area is 193 Å². The van der Waals surface area contributed by atoms with Gasteiger partial charge in [0.2, 0.25) is 0 Å². The van der Waals surface area contributed by atoms with Crippen molar-refractivity contribution in [1.82, 2.24) is 20.2 Å². The van der Waals surface area contributed by atoms with Gasteiger partial charge in [0.15, 0.2) is 11.5 Å². The minimum Gasteiger partial charge on any atom is -0.491 e. The number of rotatable bonds is 9. The van der Waals surface area contributed by atoms with E-state index >= 15 is 0 Å². The Balaban J connectivity index is 1.74. The molecule has 1 fully saturated rings. The fraction of sp³-hybridized carbons (Fsp3) is 0.455. The Kier molecular flexibility index (Phi) is 8.25. The van der Waals surface area contributed by atoms with E-state index < -0.39 is 5.91 Å². The second kappa shape index (κ2) is 11.3. The quantitative estimate of drug-likeness (QED) is 0.483. The molecule has 11 heteroatoms. The van der Waals surface area contributed by atoms with E-state index in [4.69, 9.17) is 15.2 Å². The number of hydrogen-bond acceptors (Lipinski definition) is 8. The van der Waals surface area contributed by atoms with Crippen LogP contribution in [0.25, 0.3) is 0 Å². The van der Waals surface area contributed by atoms with E-state index in [9.17, 15) is 9.59 Å². The number of carbonyl (C=O) groups excluding carboxylic acids is 2. The van der Waals surface area contributed by atoms with Crippen LogP contribution in [0.2, 0.25) is 0 Å². The average Bonchev–Trinajstić information content (AvgIpc) is 2.80.